The van der Waals surface area contributed by atoms with Crippen LogP contribution < -0.4 is 15.0 Å². The molecule has 2 heterocycles. The monoisotopic (exact) mass is 428 g/mol. The van der Waals surface area contributed by atoms with Gasteiger partial charge in [0.15, 0.2) is 0 Å². The van der Waals surface area contributed by atoms with Gasteiger partial charge in [-0.1, -0.05) is 36.9 Å². The minimum absolute atomic E-state index is 0.255. The van der Waals surface area contributed by atoms with Crippen LogP contribution in [0, 0.1) is 6.92 Å². The number of nitrogens with zero attached hydrogens (tertiary/aromatic N) is 7. The van der Waals surface area contributed by atoms with Crippen LogP contribution in [0.4, 0.5) is 11.9 Å². The molecule has 0 bridgehead atoms. The van der Waals surface area contributed by atoms with E-state index in [0.717, 1.165) is 23.5 Å². The first-order chi connectivity index (χ1) is 14.5. The fourth-order valence-corrected chi connectivity index (χ4v) is 3.07. The lowest BCUT2D eigenvalue weighted by Gasteiger charge is -2.15. The van der Waals surface area contributed by atoms with E-state index in [1.54, 1.807) is 11.0 Å². The molecule has 0 radical (unpaired) electrons. The van der Waals surface area contributed by atoms with Crippen LogP contribution in [0.2, 0.25) is 0 Å². The van der Waals surface area contributed by atoms with Crippen LogP contribution in [0.15, 0.2) is 35.7 Å². The highest BCUT2D eigenvalue weighted by Gasteiger charge is 2.13. The minimum atomic E-state index is 0.255. The van der Waals surface area contributed by atoms with Gasteiger partial charge in [-0.3, -0.25) is 0 Å². The largest absolute Gasteiger partial charge is 0.492 e. The van der Waals surface area contributed by atoms with E-state index in [-0.39, 0.29) is 6.04 Å². The summed E-state index contributed by atoms with van der Waals surface area (Å²) in [5.74, 6) is 3.14. The molecule has 3 aromatic rings. The van der Waals surface area contributed by atoms with Gasteiger partial charge in [0.2, 0.25) is 17.1 Å². The van der Waals surface area contributed by atoms with E-state index >= 15 is 0 Å². The van der Waals surface area contributed by atoms with E-state index in [1.165, 1.54) is 11.8 Å². The molecule has 1 N–H and O–H groups in total. The molecule has 0 spiro atoms. The minimum Gasteiger partial charge on any atom is -0.492 e. The average Bonchev–Trinajstić information content (AvgIpc) is 3.21. The number of para-hydroxylation sites is 1. The van der Waals surface area contributed by atoms with E-state index in [0.29, 0.717) is 29.6 Å². The van der Waals surface area contributed by atoms with Gasteiger partial charge in [-0.05, 0) is 31.9 Å². The van der Waals surface area contributed by atoms with Crippen molar-refractivity contribution < 1.29 is 4.74 Å². The van der Waals surface area contributed by atoms with Crippen LogP contribution in [0.25, 0.3) is 5.95 Å². The van der Waals surface area contributed by atoms with Crippen molar-refractivity contribution in [2.75, 3.05) is 36.7 Å². The first kappa shape index (κ1) is 21.8. The highest BCUT2D eigenvalue weighted by Crippen LogP contribution is 2.18. The first-order valence-corrected chi connectivity index (χ1v) is 10.9. The van der Waals surface area contributed by atoms with Gasteiger partial charge in [-0.2, -0.15) is 19.6 Å². The summed E-state index contributed by atoms with van der Waals surface area (Å²) in [6.07, 6.45) is 2.58. The lowest BCUT2D eigenvalue weighted by molar-refractivity contribution is 0.341. The summed E-state index contributed by atoms with van der Waals surface area (Å²) < 4.78 is 7.40. The fourth-order valence-electron chi connectivity index (χ4n) is 2.46. The molecule has 0 amide bonds. The summed E-state index contributed by atoms with van der Waals surface area (Å²) in [6, 6.07) is 8.24. The van der Waals surface area contributed by atoms with Gasteiger partial charge in [-0.15, -0.1) is 5.10 Å². The van der Waals surface area contributed by atoms with Crippen molar-refractivity contribution in [2.24, 2.45) is 0 Å². The van der Waals surface area contributed by atoms with Crippen molar-refractivity contribution in [1.29, 1.82) is 0 Å². The van der Waals surface area contributed by atoms with E-state index in [2.05, 4.69) is 44.2 Å². The molecule has 10 heteroatoms. The SMILES string of the molecule is CC[C@H](C)Nc1nc(N(C)C)nc(-n2cnc(SCCOc3ccccc3C)n2)n1. The molecule has 160 valence electrons. The quantitative estimate of drug-likeness (QED) is 0.386. The van der Waals surface area contributed by atoms with Crippen molar-refractivity contribution in [3.8, 4) is 11.7 Å². The average molecular weight is 429 g/mol. The topological polar surface area (TPSA) is 93.9 Å². The number of hydrogen-bond acceptors (Lipinski definition) is 9. The Morgan fingerprint density at radius 3 is 2.73 bits per heavy atom. The molecule has 0 aliphatic heterocycles. The third-order valence-electron chi connectivity index (χ3n) is 4.34. The second-order valence-electron chi connectivity index (χ2n) is 7.04. The molecule has 0 fully saturated rings. The zero-order chi connectivity index (χ0) is 21.5. The Balaban J connectivity index is 1.65. The van der Waals surface area contributed by atoms with Crippen molar-refractivity contribution in [3.05, 3.63) is 36.2 Å². The summed E-state index contributed by atoms with van der Waals surface area (Å²) in [4.78, 5) is 19.6. The molecule has 0 saturated carbocycles. The number of nitrogens with one attached hydrogen (secondary N) is 1. The highest BCUT2D eigenvalue weighted by molar-refractivity contribution is 7.99. The molecule has 1 atom stereocenters. The molecule has 0 aliphatic rings. The van der Waals surface area contributed by atoms with Crippen LogP contribution in [0.3, 0.4) is 0 Å². The number of aromatic nitrogens is 6. The second kappa shape index (κ2) is 10.2. The van der Waals surface area contributed by atoms with Crippen LogP contribution in [-0.4, -0.2) is 62.2 Å². The number of rotatable bonds is 10. The maximum atomic E-state index is 5.83. The van der Waals surface area contributed by atoms with Gasteiger partial charge in [0.25, 0.3) is 5.95 Å². The van der Waals surface area contributed by atoms with Gasteiger partial charge in [0, 0.05) is 25.9 Å². The third-order valence-corrected chi connectivity index (χ3v) is 5.16. The summed E-state index contributed by atoms with van der Waals surface area (Å²) in [5, 5.41) is 8.44. The number of ether oxygens (including phenoxy) is 1. The predicted molar refractivity (Wildman–Crippen MR) is 120 cm³/mol. The smallest absolute Gasteiger partial charge is 0.258 e. The number of thioether (sulfide) groups is 1. The molecular formula is C20H28N8OS. The molecule has 9 nitrogen and oxygen atoms in total. The van der Waals surface area contributed by atoms with Crippen LogP contribution in [0.1, 0.15) is 25.8 Å². The number of anilines is 2. The normalized spacial score (nSPS) is 11.9. The van der Waals surface area contributed by atoms with E-state index in [1.807, 2.05) is 50.2 Å². The van der Waals surface area contributed by atoms with Crippen LogP contribution in [-0.2, 0) is 0 Å². The Morgan fingerprint density at radius 2 is 2.00 bits per heavy atom. The van der Waals surface area contributed by atoms with Crippen LogP contribution >= 0.6 is 11.8 Å². The zero-order valence-electron chi connectivity index (χ0n) is 18.0. The molecule has 1 aromatic carbocycles. The number of hydrogen-bond donors (Lipinski definition) is 1. The van der Waals surface area contributed by atoms with Gasteiger partial charge in [0.1, 0.15) is 12.1 Å². The Morgan fingerprint density at radius 1 is 1.20 bits per heavy atom. The molecule has 3 rings (SSSR count). The lowest BCUT2D eigenvalue weighted by Crippen LogP contribution is -2.21. The van der Waals surface area contributed by atoms with Crippen LogP contribution in [0.5, 0.6) is 5.75 Å². The van der Waals surface area contributed by atoms with Gasteiger partial charge in [-0.25, -0.2) is 4.98 Å². The maximum absolute atomic E-state index is 5.83. The van der Waals surface area contributed by atoms with Crippen molar-refractivity contribution in [3.63, 3.8) is 0 Å². The Hall–Kier alpha value is -2.88. The van der Waals surface area contributed by atoms with Gasteiger partial charge >= 0.3 is 0 Å². The van der Waals surface area contributed by atoms with Crippen molar-refractivity contribution >= 4 is 23.7 Å². The highest BCUT2D eigenvalue weighted by atomic mass is 32.2. The Labute approximate surface area is 181 Å². The summed E-state index contributed by atoms with van der Waals surface area (Å²) in [5.41, 5.74) is 1.12. The Bertz CT molecular complexity index is 961. The summed E-state index contributed by atoms with van der Waals surface area (Å²) in [7, 11) is 3.78. The number of benzene rings is 1. The van der Waals surface area contributed by atoms with Crippen molar-refractivity contribution in [1.82, 2.24) is 29.7 Å². The van der Waals surface area contributed by atoms with Crippen molar-refractivity contribution in [2.45, 2.75) is 38.4 Å². The first-order valence-electron chi connectivity index (χ1n) is 9.89. The molecular weight excluding hydrogens is 400 g/mol. The standard InChI is InChI=1S/C20H28N8OS/c1-6-15(3)22-17-23-18(27(4)5)25-19(24-17)28-13-21-20(26-28)30-12-11-29-16-10-8-7-9-14(16)2/h7-10,13,15H,6,11-12H2,1-5H3,(H,22,23,24,25)/t15-/m0/s1. The fraction of sp³-hybridized carbons (Fsp3) is 0.450. The maximum Gasteiger partial charge on any atom is 0.258 e. The second-order valence-corrected chi connectivity index (χ2v) is 8.10. The molecule has 0 unspecified atom stereocenters. The number of aryl methyl sites for hydroxylation is 1. The van der Waals surface area contributed by atoms with Gasteiger partial charge in [0.05, 0.1) is 6.61 Å². The lowest BCUT2D eigenvalue weighted by atomic mass is 10.2. The summed E-state index contributed by atoms with van der Waals surface area (Å²) in [6.45, 7) is 6.80. The molecule has 0 saturated heterocycles. The van der Waals surface area contributed by atoms with E-state index in [4.69, 9.17) is 4.74 Å². The molecule has 2 aromatic heterocycles. The zero-order valence-corrected chi connectivity index (χ0v) is 18.8. The van der Waals surface area contributed by atoms with E-state index < -0.39 is 0 Å². The van der Waals surface area contributed by atoms with Gasteiger partial charge < -0.3 is 15.0 Å². The predicted octanol–water partition coefficient (Wildman–Crippen LogP) is 3.21. The molecule has 0 aliphatic carbocycles. The van der Waals surface area contributed by atoms with E-state index in [9.17, 15) is 0 Å². The molecule has 30 heavy (non-hydrogen) atoms. The third kappa shape index (κ3) is 5.82. The summed E-state index contributed by atoms with van der Waals surface area (Å²) >= 11 is 1.52. The Kier molecular flexibility index (Phi) is 7.45.